The Morgan fingerprint density at radius 1 is 1.21 bits per heavy atom. The highest BCUT2D eigenvalue weighted by molar-refractivity contribution is 7.09. The number of imide groups is 1. The second-order valence-corrected chi connectivity index (χ2v) is 6.69. The van der Waals surface area contributed by atoms with Crippen LogP contribution in [0.15, 0.2) is 17.5 Å². The molecule has 24 heavy (non-hydrogen) atoms. The maximum Gasteiger partial charge on any atom is 0.321 e. The minimum Gasteiger partial charge on any atom is -0.353 e. The number of rotatable bonds is 9. The van der Waals surface area contributed by atoms with Crippen LogP contribution >= 0.6 is 11.3 Å². The minimum absolute atomic E-state index is 0.000357. The maximum absolute atomic E-state index is 11.9. The lowest BCUT2D eigenvalue weighted by molar-refractivity contribution is -0.124. The number of amides is 4. The zero-order chi connectivity index (χ0) is 17.9. The molecule has 7 nitrogen and oxygen atoms in total. The van der Waals surface area contributed by atoms with Crippen LogP contribution in [0.25, 0.3) is 0 Å². The van der Waals surface area contributed by atoms with Gasteiger partial charge in [-0.05, 0) is 38.3 Å². The summed E-state index contributed by atoms with van der Waals surface area (Å²) in [5, 5.41) is 9.68. The van der Waals surface area contributed by atoms with Gasteiger partial charge in [0.1, 0.15) is 0 Å². The molecule has 0 bridgehead atoms. The van der Waals surface area contributed by atoms with Gasteiger partial charge in [0.25, 0.3) is 0 Å². The van der Waals surface area contributed by atoms with Crippen LogP contribution in [0.1, 0.15) is 25.6 Å². The molecule has 1 aromatic rings. The van der Waals surface area contributed by atoms with Crippen molar-refractivity contribution in [3.05, 3.63) is 22.4 Å². The van der Waals surface area contributed by atoms with E-state index in [-0.39, 0.29) is 25.0 Å². The van der Waals surface area contributed by atoms with Crippen molar-refractivity contribution in [2.75, 3.05) is 26.2 Å². The number of hydrogen-bond donors (Lipinski definition) is 3. The maximum atomic E-state index is 11.9. The molecule has 0 aliphatic rings. The van der Waals surface area contributed by atoms with Crippen LogP contribution in [0.4, 0.5) is 4.79 Å². The molecular formula is C16H26N4O3S. The van der Waals surface area contributed by atoms with Crippen molar-refractivity contribution in [2.24, 2.45) is 0 Å². The minimum atomic E-state index is -0.515. The van der Waals surface area contributed by atoms with Crippen molar-refractivity contribution in [1.29, 1.82) is 0 Å². The highest BCUT2D eigenvalue weighted by Gasteiger charge is 2.15. The normalized spacial score (nSPS) is 10.7. The third-order valence-corrected chi connectivity index (χ3v) is 4.06. The summed E-state index contributed by atoms with van der Waals surface area (Å²) in [6.45, 7) is 6.75. The van der Waals surface area contributed by atoms with Gasteiger partial charge in [-0.1, -0.05) is 13.0 Å². The van der Waals surface area contributed by atoms with Crippen LogP contribution in [0, 0.1) is 0 Å². The van der Waals surface area contributed by atoms with Gasteiger partial charge in [-0.15, -0.1) is 11.3 Å². The Bertz CT molecular complexity index is 531. The van der Waals surface area contributed by atoms with Crippen molar-refractivity contribution in [2.45, 2.75) is 33.2 Å². The van der Waals surface area contributed by atoms with E-state index < -0.39 is 11.9 Å². The Morgan fingerprint density at radius 2 is 1.92 bits per heavy atom. The van der Waals surface area contributed by atoms with Crippen molar-refractivity contribution < 1.29 is 14.4 Å². The van der Waals surface area contributed by atoms with E-state index in [1.165, 1.54) is 4.88 Å². The van der Waals surface area contributed by atoms with Crippen LogP contribution in [0.3, 0.4) is 0 Å². The van der Waals surface area contributed by atoms with Crippen LogP contribution in [0.5, 0.6) is 0 Å². The first-order valence-corrected chi connectivity index (χ1v) is 8.90. The van der Waals surface area contributed by atoms with E-state index in [2.05, 4.69) is 16.0 Å². The van der Waals surface area contributed by atoms with Crippen molar-refractivity contribution in [3.63, 3.8) is 0 Å². The molecule has 3 N–H and O–H groups in total. The second-order valence-electron chi connectivity index (χ2n) is 5.66. The molecule has 4 amide bonds. The molecule has 0 spiro atoms. The number of urea groups is 1. The number of thiophene rings is 1. The molecule has 0 aromatic carbocycles. The van der Waals surface area contributed by atoms with Gasteiger partial charge < -0.3 is 10.6 Å². The van der Waals surface area contributed by atoms with Gasteiger partial charge in [-0.2, -0.15) is 0 Å². The van der Waals surface area contributed by atoms with Crippen LogP contribution in [0.2, 0.25) is 0 Å². The molecule has 1 aromatic heterocycles. The summed E-state index contributed by atoms with van der Waals surface area (Å²) in [7, 11) is 0. The van der Waals surface area contributed by atoms with Gasteiger partial charge in [0.15, 0.2) is 0 Å². The monoisotopic (exact) mass is 354 g/mol. The van der Waals surface area contributed by atoms with Crippen LogP contribution < -0.4 is 16.0 Å². The number of hydrogen-bond acceptors (Lipinski definition) is 5. The SMILES string of the molecule is CCN(CC(=O)NC(=O)NCCc1cccs1)CC(=O)NC(C)C. The predicted octanol–water partition coefficient (Wildman–Crippen LogP) is 0.963. The first kappa shape index (κ1) is 20.1. The number of nitrogens with one attached hydrogen (secondary N) is 3. The predicted molar refractivity (Wildman–Crippen MR) is 95.0 cm³/mol. The lowest BCUT2D eigenvalue weighted by Gasteiger charge is -2.20. The van der Waals surface area contributed by atoms with Gasteiger partial charge in [-0.3, -0.25) is 19.8 Å². The highest BCUT2D eigenvalue weighted by Crippen LogP contribution is 2.07. The molecule has 134 valence electrons. The van der Waals surface area contributed by atoms with E-state index in [0.717, 1.165) is 6.42 Å². The summed E-state index contributed by atoms with van der Waals surface area (Å²) >= 11 is 1.63. The summed E-state index contributed by atoms with van der Waals surface area (Å²) in [6.07, 6.45) is 0.732. The molecule has 0 unspecified atom stereocenters. The highest BCUT2D eigenvalue weighted by atomic mass is 32.1. The molecule has 1 heterocycles. The fourth-order valence-electron chi connectivity index (χ4n) is 2.02. The van der Waals surface area contributed by atoms with E-state index >= 15 is 0 Å². The average molecular weight is 354 g/mol. The summed E-state index contributed by atoms with van der Waals surface area (Å²) in [5.74, 6) is -0.567. The van der Waals surface area contributed by atoms with Crippen molar-refractivity contribution in [1.82, 2.24) is 20.9 Å². The quantitative estimate of drug-likeness (QED) is 0.616. The lowest BCUT2D eigenvalue weighted by atomic mass is 10.3. The largest absolute Gasteiger partial charge is 0.353 e. The third kappa shape index (κ3) is 8.64. The molecule has 0 saturated carbocycles. The smallest absolute Gasteiger partial charge is 0.321 e. The first-order chi connectivity index (χ1) is 11.4. The zero-order valence-electron chi connectivity index (χ0n) is 14.4. The Morgan fingerprint density at radius 3 is 2.50 bits per heavy atom. The van der Waals surface area contributed by atoms with E-state index in [4.69, 9.17) is 0 Å². The van der Waals surface area contributed by atoms with Crippen molar-refractivity contribution >= 4 is 29.2 Å². The topological polar surface area (TPSA) is 90.5 Å². The van der Waals surface area contributed by atoms with E-state index in [9.17, 15) is 14.4 Å². The molecule has 0 aliphatic heterocycles. The first-order valence-electron chi connectivity index (χ1n) is 8.02. The van der Waals surface area contributed by atoms with E-state index in [1.54, 1.807) is 16.2 Å². The summed E-state index contributed by atoms with van der Waals surface area (Å²) in [4.78, 5) is 38.1. The zero-order valence-corrected chi connectivity index (χ0v) is 15.2. The van der Waals surface area contributed by atoms with E-state index in [0.29, 0.717) is 13.1 Å². The number of nitrogens with zero attached hydrogens (tertiary/aromatic N) is 1. The second kappa shape index (κ2) is 10.8. The Labute approximate surface area is 146 Å². The summed E-state index contributed by atoms with van der Waals surface area (Å²) in [6, 6.07) is 3.49. The number of carbonyl (C=O) groups is 3. The molecule has 1 rings (SSSR count). The fourth-order valence-corrected chi connectivity index (χ4v) is 2.73. The Balaban J connectivity index is 2.26. The van der Waals surface area contributed by atoms with E-state index in [1.807, 2.05) is 38.3 Å². The molecule has 0 saturated heterocycles. The number of carbonyl (C=O) groups excluding carboxylic acids is 3. The molecule has 0 aliphatic carbocycles. The van der Waals surface area contributed by atoms with Crippen LogP contribution in [-0.4, -0.2) is 55.0 Å². The average Bonchev–Trinajstić information content (AvgIpc) is 2.98. The van der Waals surface area contributed by atoms with Gasteiger partial charge in [0, 0.05) is 17.5 Å². The van der Waals surface area contributed by atoms with Gasteiger partial charge in [-0.25, -0.2) is 4.79 Å². The Hall–Kier alpha value is -1.93. The third-order valence-electron chi connectivity index (χ3n) is 3.12. The summed E-state index contributed by atoms with van der Waals surface area (Å²) < 4.78 is 0. The lowest BCUT2D eigenvalue weighted by Crippen LogP contribution is -2.47. The van der Waals surface area contributed by atoms with Crippen molar-refractivity contribution in [3.8, 4) is 0 Å². The van der Waals surface area contributed by atoms with Gasteiger partial charge in [0.05, 0.1) is 13.1 Å². The molecule has 0 radical (unpaired) electrons. The number of likely N-dealkylation sites (N-methyl/N-ethyl adjacent to an activating group) is 1. The molecule has 0 fully saturated rings. The molecule has 0 atom stereocenters. The van der Waals surface area contributed by atoms with Crippen LogP contribution in [-0.2, 0) is 16.0 Å². The fraction of sp³-hybridized carbons (Fsp3) is 0.562. The van der Waals surface area contributed by atoms with Gasteiger partial charge in [0.2, 0.25) is 11.8 Å². The summed E-state index contributed by atoms with van der Waals surface area (Å²) in [5.41, 5.74) is 0. The Kier molecular flexibility index (Phi) is 9.03. The van der Waals surface area contributed by atoms with Gasteiger partial charge >= 0.3 is 6.03 Å². The standard InChI is InChI=1S/C16H26N4O3S/c1-4-20(10-14(21)18-12(2)3)11-15(22)19-16(23)17-8-7-13-6-5-9-24-13/h5-6,9,12H,4,7-8,10-11H2,1-3H3,(H,18,21)(H2,17,19,22,23). The molecular weight excluding hydrogens is 328 g/mol. The molecule has 8 heteroatoms.